The van der Waals surface area contributed by atoms with Crippen molar-refractivity contribution in [3.63, 3.8) is 0 Å². The average molecular weight is 358 g/mol. The summed E-state index contributed by atoms with van der Waals surface area (Å²) in [6.07, 6.45) is 2.90. The molecule has 2 atom stereocenters. The molecule has 0 spiro atoms. The number of ether oxygens (including phenoxy) is 2. The number of aromatic nitrogens is 2. The lowest BCUT2D eigenvalue weighted by Gasteiger charge is -2.13. The lowest BCUT2D eigenvalue weighted by Crippen LogP contribution is -2.33. The van der Waals surface area contributed by atoms with Gasteiger partial charge in [0.05, 0.1) is 5.94 Å². The normalized spacial score (nSPS) is 22.3. The van der Waals surface area contributed by atoms with Gasteiger partial charge in [0, 0.05) is 30.5 Å². The van der Waals surface area contributed by atoms with E-state index >= 15 is 0 Å². The van der Waals surface area contributed by atoms with Crippen molar-refractivity contribution >= 4 is 28.6 Å². The molecule has 0 saturated carbocycles. The van der Waals surface area contributed by atoms with Crippen LogP contribution in [0.3, 0.4) is 0 Å². The van der Waals surface area contributed by atoms with Crippen LogP contribution in [0.2, 0.25) is 0 Å². The molecule has 0 bridgehead atoms. The van der Waals surface area contributed by atoms with Gasteiger partial charge in [-0.1, -0.05) is 11.8 Å². The van der Waals surface area contributed by atoms with E-state index in [0.29, 0.717) is 23.7 Å². The zero-order valence-electron chi connectivity index (χ0n) is 13.0. The van der Waals surface area contributed by atoms with Crippen LogP contribution in [0.4, 0.5) is 0 Å². The molecule has 126 valence electrons. The average Bonchev–Trinajstić information content (AvgIpc) is 2.89. The molecule has 1 N–H and O–H groups in total. The maximum Gasteiger partial charge on any atom is 0.331 e. The number of thioether (sulfide) groups is 2. The number of nitrogens with zero attached hydrogens (tertiary/aromatic N) is 1. The fraction of sp³-hybridized carbons (Fsp3) is 0.500. The second-order valence-electron chi connectivity index (χ2n) is 4.98. The van der Waals surface area contributed by atoms with Gasteiger partial charge in [0.15, 0.2) is 11.3 Å². The van der Waals surface area contributed by atoms with Gasteiger partial charge in [-0.2, -0.15) is 0 Å². The number of hydrogen-bond acceptors (Lipinski definition) is 7. The van der Waals surface area contributed by atoms with Crippen molar-refractivity contribution in [2.45, 2.75) is 32.6 Å². The predicted octanol–water partition coefficient (Wildman–Crippen LogP) is 1.59. The number of carbonyl (C=O) groups is 1. The third-order valence-electron chi connectivity index (χ3n) is 3.19. The Kier molecular flexibility index (Phi) is 6.14. The SMILES string of the molecule is CSCO[C@H]1C[C@H](n2cc(C)c(=O)[nH]c2=O)OC1=CSC(C)=O. The molecule has 1 aliphatic heterocycles. The minimum Gasteiger partial charge on any atom is -0.471 e. The van der Waals surface area contributed by atoms with Gasteiger partial charge in [0.2, 0.25) is 0 Å². The smallest absolute Gasteiger partial charge is 0.331 e. The number of hydrogen-bond donors (Lipinski definition) is 1. The van der Waals surface area contributed by atoms with E-state index < -0.39 is 17.5 Å². The molecule has 1 aliphatic rings. The molecule has 2 rings (SSSR count). The fourth-order valence-corrected chi connectivity index (χ4v) is 2.89. The molecule has 0 aromatic carbocycles. The lowest BCUT2D eigenvalue weighted by atomic mass is 10.2. The van der Waals surface area contributed by atoms with Crippen LogP contribution in [0.15, 0.2) is 27.0 Å². The second-order valence-corrected chi connectivity index (χ2v) is 6.84. The fourth-order valence-electron chi connectivity index (χ4n) is 2.10. The van der Waals surface area contributed by atoms with Gasteiger partial charge < -0.3 is 9.47 Å². The highest BCUT2D eigenvalue weighted by Crippen LogP contribution is 2.34. The van der Waals surface area contributed by atoms with Crippen LogP contribution in [-0.4, -0.2) is 33.0 Å². The number of carbonyl (C=O) groups excluding carboxylic acids is 1. The van der Waals surface area contributed by atoms with Crippen LogP contribution in [-0.2, 0) is 14.3 Å². The molecule has 0 unspecified atom stereocenters. The van der Waals surface area contributed by atoms with E-state index in [4.69, 9.17) is 9.47 Å². The monoisotopic (exact) mass is 358 g/mol. The van der Waals surface area contributed by atoms with Gasteiger partial charge >= 0.3 is 5.69 Å². The summed E-state index contributed by atoms with van der Waals surface area (Å²) < 4.78 is 12.8. The quantitative estimate of drug-likeness (QED) is 0.799. The molecule has 9 heteroatoms. The Hall–Kier alpha value is -1.45. The number of rotatable bonds is 5. The Morgan fingerprint density at radius 1 is 1.57 bits per heavy atom. The largest absolute Gasteiger partial charge is 0.471 e. The maximum atomic E-state index is 12.0. The summed E-state index contributed by atoms with van der Waals surface area (Å²) in [4.78, 5) is 36.8. The van der Waals surface area contributed by atoms with Crippen LogP contribution in [0.1, 0.15) is 25.1 Å². The summed E-state index contributed by atoms with van der Waals surface area (Å²) in [6, 6.07) is 0. The molecular weight excluding hydrogens is 340 g/mol. The van der Waals surface area contributed by atoms with Gasteiger partial charge in [-0.25, -0.2) is 4.79 Å². The summed E-state index contributed by atoms with van der Waals surface area (Å²) in [5.41, 5.74) is -0.526. The molecular formula is C14H18N2O5S2. The van der Waals surface area contributed by atoms with Gasteiger partial charge in [-0.15, -0.1) is 11.8 Å². The number of aromatic amines is 1. The Balaban J connectivity index is 2.26. The van der Waals surface area contributed by atoms with Crippen LogP contribution in [0.25, 0.3) is 0 Å². The summed E-state index contributed by atoms with van der Waals surface area (Å²) in [6.45, 7) is 3.08. The van der Waals surface area contributed by atoms with E-state index in [1.54, 1.807) is 12.3 Å². The maximum absolute atomic E-state index is 12.0. The number of nitrogens with one attached hydrogen (secondary N) is 1. The molecule has 0 amide bonds. The van der Waals surface area contributed by atoms with Crippen LogP contribution in [0.5, 0.6) is 0 Å². The van der Waals surface area contributed by atoms with Crippen molar-refractivity contribution in [1.82, 2.24) is 9.55 Å². The Bertz CT molecular complexity index is 725. The Morgan fingerprint density at radius 2 is 2.30 bits per heavy atom. The van der Waals surface area contributed by atoms with Gasteiger partial charge in [0.1, 0.15) is 11.9 Å². The minimum atomic E-state index is -0.580. The third-order valence-corrected chi connectivity index (χ3v) is 4.24. The van der Waals surface area contributed by atoms with Crippen molar-refractivity contribution in [3.05, 3.63) is 43.8 Å². The lowest BCUT2D eigenvalue weighted by molar-refractivity contribution is -0.109. The Morgan fingerprint density at radius 3 is 2.96 bits per heavy atom. The van der Waals surface area contributed by atoms with Gasteiger partial charge in [0.25, 0.3) is 5.56 Å². The van der Waals surface area contributed by atoms with E-state index in [9.17, 15) is 14.4 Å². The molecule has 0 aliphatic carbocycles. The summed E-state index contributed by atoms with van der Waals surface area (Å²) >= 11 is 2.54. The molecule has 1 aromatic rings. The van der Waals surface area contributed by atoms with Crippen LogP contribution < -0.4 is 11.2 Å². The number of aryl methyl sites for hydroxylation is 1. The second kappa shape index (κ2) is 7.89. The van der Waals surface area contributed by atoms with E-state index in [1.165, 1.54) is 29.4 Å². The molecule has 1 saturated heterocycles. The van der Waals surface area contributed by atoms with Crippen molar-refractivity contribution in [3.8, 4) is 0 Å². The summed E-state index contributed by atoms with van der Waals surface area (Å²) in [5, 5.41) is 1.54. The van der Waals surface area contributed by atoms with Crippen molar-refractivity contribution in [1.29, 1.82) is 0 Å². The first-order valence-corrected chi connectivity index (χ1v) is 9.16. The van der Waals surface area contributed by atoms with E-state index in [1.807, 2.05) is 6.26 Å². The van der Waals surface area contributed by atoms with Crippen molar-refractivity contribution < 1.29 is 14.3 Å². The van der Waals surface area contributed by atoms with Crippen molar-refractivity contribution in [2.24, 2.45) is 0 Å². The van der Waals surface area contributed by atoms with Gasteiger partial charge in [-0.05, 0) is 13.2 Å². The molecule has 2 heterocycles. The van der Waals surface area contributed by atoms with E-state index in [2.05, 4.69) is 4.98 Å². The number of H-pyrrole nitrogens is 1. The summed E-state index contributed by atoms with van der Waals surface area (Å²) in [5.74, 6) is 0.988. The van der Waals surface area contributed by atoms with E-state index in [0.717, 1.165) is 11.8 Å². The van der Waals surface area contributed by atoms with Crippen LogP contribution in [0, 0.1) is 6.92 Å². The highest BCUT2D eigenvalue weighted by atomic mass is 32.2. The first kappa shape index (κ1) is 17.9. The third kappa shape index (κ3) is 4.52. The van der Waals surface area contributed by atoms with Crippen LogP contribution >= 0.6 is 23.5 Å². The first-order chi connectivity index (χ1) is 10.9. The first-order valence-electron chi connectivity index (χ1n) is 6.89. The highest BCUT2D eigenvalue weighted by molar-refractivity contribution is 8.16. The zero-order valence-corrected chi connectivity index (χ0v) is 14.7. The molecule has 1 fully saturated rings. The zero-order chi connectivity index (χ0) is 17.0. The van der Waals surface area contributed by atoms with Crippen molar-refractivity contribution in [2.75, 3.05) is 12.2 Å². The molecule has 23 heavy (non-hydrogen) atoms. The van der Waals surface area contributed by atoms with Gasteiger partial charge in [-0.3, -0.25) is 19.1 Å². The minimum absolute atomic E-state index is 0.0646. The molecule has 0 radical (unpaired) electrons. The Labute approximate surface area is 141 Å². The van der Waals surface area contributed by atoms with E-state index in [-0.39, 0.29) is 11.2 Å². The highest BCUT2D eigenvalue weighted by Gasteiger charge is 2.33. The topological polar surface area (TPSA) is 90.4 Å². The molecule has 1 aromatic heterocycles. The molecule has 7 nitrogen and oxygen atoms in total. The predicted molar refractivity (Wildman–Crippen MR) is 90.4 cm³/mol. The summed E-state index contributed by atoms with van der Waals surface area (Å²) in [7, 11) is 0. The standard InChI is InChI=1S/C14H18N2O5S2/c1-8-5-16(14(19)15-13(8)18)12-4-10(20-7-22-3)11(21-12)6-23-9(2)17/h5-6,10,12H,4,7H2,1-3H3,(H,15,18,19)/t10-,12+/m0/s1.